The van der Waals surface area contributed by atoms with E-state index in [-0.39, 0.29) is 5.91 Å². The molecule has 1 fully saturated rings. The maximum atomic E-state index is 11.8. The molecule has 0 atom stereocenters. The van der Waals surface area contributed by atoms with Crippen molar-refractivity contribution < 1.29 is 4.79 Å². The number of hydrogen-bond acceptors (Lipinski definition) is 3. The Balaban J connectivity index is 2.08. The van der Waals surface area contributed by atoms with E-state index in [9.17, 15) is 4.79 Å². The molecule has 0 aromatic heterocycles. The van der Waals surface area contributed by atoms with E-state index in [0.717, 1.165) is 25.2 Å². The Labute approximate surface area is 121 Å². The van der Waals surface area contributed by atoms with Crippen LogP contribution in [0.3, 0.4) is 0 Å². The van der Waals surface area contributed by atoms with Crippen LogP contribution >= 0.6 is 0 Å². The van der Waals surface area contributed by atoms with Crippen molar-refractivity contribution in [2.75, 3.05) is 13.1 Å². The van der Waals surface area contributed by atoms with Gasteiger partial charge in [0.05, 0.1) is 0 Å². The van der Waals surface area contributed by atoms with Crippen LogP contribution in [-0.4, -0.2) is 23.9 Å². The number of nitrogens with zero attached hydrogens (tertiary/aromatic N) is 1. The fourth-order valence-corrected chi connectivity index (χ4v) is 2.84. The SMILES string of the molecule is CC1(C)CCCN(Cc2ccccc2C(=O)NN)CC1. The van der Waals surface area contributed by atoms with Gasteiger partial charge in [-0.2, -0.15) is 0 Å². The highest BCUT2D eigenvalue weighted by molar-refractivity contribution is 5.95. The Bertz CT molecular complexity index is 471. The van der Waals surface area contributed by atoms with Gasteiger partial charge in [-0.1, -0.05) is 32.0 Å². The lowest BCUT2D eigenvalue weighted by molar-refractivity contribution is 0.0951. The summed E-state index contributed by atoms with van der Waals surface area (Å²) in [6, 6.07) is 7.70. The lowest BCUT2D eigenvalue weighted by Gasteiger charge is -2.23. The summed E-state index contributed by atoms with van der Waals surface area (Å²) in [5.41, 5.74) is 4.39. The number of nitrogens with one attached hydrogen (secondary N) is 1. The molecule has 1 heterocycles. The van der Waals surface area contributed by atoms with Crippen LogP contribution in [0.1, 0.15) is 49.0 Å². The first-order valence-electron chi connectivity index (χ1n) is 7.33. The third-order valence-corrected chi connectivity index (χ3v) is 4.22. The van der Waals surface area contributed by atoms with E-state index in [0.29, 0.717) is 11.0 Å². The summed E-state index contributed by atoms with van der Waals surface area (Å²) in [4.78, 5) is 14.2. The van der Waals surface area contributed by atoms with Gasteiger partial charge in [-0.05, 0) is 49.4 Å². The van der Waals surface area contributed by atoms with Crippen LogP contribution < -0.4 is 11.3 Å². The topological polar surface area (TPSA) is 58.4 Å². The molecule has 3 N–H and O–H groups in total. The van der Waals surface area contributed by atoms with E-state index in [1.54, 1.807) is 0 Å². The molecule has 1 amide bonds. The third kappa shape index (κ3) is 3.81. The second-order valence-electron chi connectivity index (χ2n) is 6.42. The fourth-order valence-electron chi connectivity index (χ4n) is 2.84. The number of nitrogens with two attached hydrogens (primary N) is 1. The van der Waals surface area contributed by atoms with Crippen LogP contribution in [0.15, 0.2) is 24.3 Å². The van der Waals surface area contributed by atoms with Crippen molar-refractivity contribution >= 4 is 5.91 Å². The van der Waals surface area contributed by atoms with Crippen LogP contribution in [0, 0.1) is 5.41 Å². The minimum absolute atomic E-state index is 0.212. The second kappa shape index (κ2) is 6.37. The minimum atomic E-state index is -0.212. The van der Waals surface area contributed by atoms with Gasteiger partial charge in [0.15, 0.2) is 0 Å². The highest BCUT2D eigenvalue weighted by atomic mass is 16.2. The fraction of sp³-hybridized carbons (Fsp3) is 0.562. The van der Waals surface area contributed by atoms with Crippen molar-refractivity contribution in [3.63, 3.8) is 0 Å². The Kier molecular flexibility index (Phi) is 4.78. The summed E-state index contributed by atoms with van der Waals surface area (Å²) in [6.45, 7) is 7.69. The Morgan fingerprint density at radius 2 is 2.05 bits per heavy atom. The van der Waals surface area contributed by atoms with E-state index in [4.69, 9.17) is 5.84 Å². The number of amides is 1. The van der Waals surface area contributed by atoms with Gasteiger partial charge in [-0.25, -0.2) is 5.84 Å². The zero-order valence-electron chi connectivity index (χ0n) is 12.5. The molecule has 4 heteroatoms. The van der Waals surface area contributed by atoms with Gasteiger partial charge in [-0.3, -0.25) is 15.1 Å². The summed E-state index contributed by atoms with van der Waals surface area (Å²) >= 11 is 0. The van der Waals surface area contributed by atoms with Crippen molar-refractivity contribution in [3.8, 4) is 0 Å². The highest BCUT2D eigenvalue weighted by Crippen LogP contribution is 2.30. The molecule has 1 aliphatic heterocycles. The zero-order valence-corrected chi connectivity index (χ0v) is 12.5. The third-order valence-electron chi connectivity index (χ3n) is 4.22. The maximum absolute atomic E-state index is 11.8. The quantitative estimate of drug-likeness (QED) is 0.505. The number of carbonyl (C=O) groups excluding carboxylic acids is 1. The van der Waals surface area contributed by atoms with Gasteiger partial charge in [0.1, 0.15) is 0 Å². The zero-order chi connectivity index (χ0) is 14.6. The Morgan fingerprint density at radius 3 is 2.80 bits per heavy atom. The molecule has 20 heavy (non-hydrogen) atoms. The first kappa shape index (κ1) is 15.0. The molecular formula is C16H25N3O. The first-order chi connectivity index (χ1) is 9.52. The highest BCUT2D eigenvalue weighted by Gasteiger charge is 2.23. The number of hydrazine groups is 1. The predicted molar refractivity (Wildman–Crippen MR) is 81.0 cm³/mol. The molecule has 4 nitrogen and oxygen atoms in total. The lowest BCUT2D eigenvalue weighted by Crippen LogP contribution is -2.32. The Hall–Kier alpha value is -1.39. The van der Waals surface area contributed by atoms with Crippen molar-refractivity contribution in [1.82, 2.24) is 10.3 Å². The normalized spacial score (nSPS) is 19.4. The molecule has 0 spiro atoms. The minimum Gasteiger partial charge on any atom is -0.299 e. The number of rotatable bonds is 3. The number of carbonyl (C=O) groups is 1. The molecule has 0 unspecified atom stereocenters. The largest absolute Gasteiger partial charge is 0.299 e. The maximum Gasteiger partial charge on any atom is 0.265 e. The smallest absolute Gasteiger partial charge is 0.265 e. The molecule has 1 saturated heterocycles. The van der Waals surface area contributed by atoms with Crippen LogP contribution in [0.4, 0.5) is 0 Å². The van der Waals surface area contributed by atoms with Crippen LogP contribution in [-0.2, 0) is 6.54 Å². The van der Waals surface area contributed by atoms with Gasteiger partial charge >= 0.3 is 0 Å². The first-order valence-corrected chi connectivity index (χ1v) is 7.33. The standard InChI is InChI=1S/C16H25N3O/c1-16(2)8-5-10-19(11-9-16)12-13-6-3-4-7-14(13)15(20)18-17/h3-4,6-7H,5,8-12,17H2,1-2H3,(H,18,20). The van der Waals surface area contributed by atoms with E-state index in [1.807, 2.05) is 24.3 Å². The molecule has 1 aliphatic rings. The number of hydrogen-bond donors (Lipinski definition) is 2. The average Bonchev–Trinajstić information content (AvgIpc) is 2.60. The Morgan fingerprint density at radius 1 is 1.30 bits per heavy atom. The summed E-state index contributed by atoms with van der Waals surface area (Å²) in [7, 11) is 0. The molecule has 0 radical (unpaired) electrons. The molecule has 0 saturated carbocycles. The predicted octanol–water partition coefficient (Wildman–Crippen LogP) is 2.30. The van der Waals surface area contributed by atoms with Crippen LogP contribution in [0.25, 0.3) is 0 Å². The van der Waals surface area contributed by atoms with E-state index < -0.39 is 0 Å². The molecule has 1 aromatic carbocycles. The van der Waals surface area contributed by atoms with Crippen molar-refractivity contribution in [2.45, 2.75) is 39.7 Å². The molecule has 0 bridgehead atoms. The van der Waals surface area contributed by atoms with E-state index in [1.165, 1.54) is 19.3 Å². The van der Waals surface area contributed by atoms with E-state index >= 15 is 0 Å². The average molecular weight is 275 g/mol. The molecule has 0 aliphatic carbocycles. The van der Waals surface area contributed by atoms with Crippen LogP contribution in [0.5, 0.6) is 0 Å². The summed E-state index contributed by atoms with van der Waals surface area (Å²) in [5.74, 6) is 5.04. The van der Waals surface area contributed by atoms with Gasteiger partial charge in [0.25, 0.3) is 5.91 Å². The van der Waals surface area contributed by atoms with Gasteiger partial charge in [0, 0.05) is 12.1 Å². The molecular weight excluding hydrogens is 250 g/mol. The number of likely N-dealkylation sites (tertiary alicyclic amines) is 1. The summed E-state index contributed by atoms with van der Waals surface area (Å²) in [5, 5.41) is 0. The second-order valence-corrected chi connectivity index (χ2v) is 6.42. The van der Waals surface area contributed by atoms with Gasteiger partial charge in [0.2, 0.25) is 0 Å². The van der Waals surface area contributed by atoms with E-state index in [2.05, 4.69) is 24.2 Å². The molecule has 2 rings (SSSR count). The molecule has 110 valence electrons. The van der Waals surface area contributed by atoms with Crippen molar-refractivity contribution in [3.05, 3.63) is 35.4 Å². The van der Waals surface area contributed by atoms with Gasteiger partial charge in [-0.15, -0.1) is 0 Å². The lowest BCUT2D eigenvalue weighted by atomic mass is 9.85. The monoisotopic (exact) mass is 275 g/mol. The van der Waals surface area contributed by atoms with Crippen molar-refractivity contribution in [1.29, 1.82) is 0 Å². The van der Waals surface area contributed by atoms with Gasteiger partial charge < -0.3 is 0 Å². The summed E-state index contributed by atoms with van der Waals surface area (Å²) in [6.07, 6.45) is 3.70. The molecule has 1 aromatic rings. The summed E-state index contributed by atoms with van der Waals surface area (Å²) < 4.78 is 0. The van der Waals surface area contributed by atoms with Crippen LogP contribution in [0.2, 0.25) is 0 Å². The number of benzene rings is 1. The van der Waals surface area contributed by atoms with Crippen molar-refractivity contribution in [2.24, 2.45) is 11.3 Å². The number of nitrogen functional groups attached to an aromatic ring is 1.